The highest BCUT2D eigenvalue weighted by molar-refractivity contribution is 6.37. The first-order valence-corrected chi connectivity index (χ1v) is 11.4. The second-order valence-electron chi connectivity index (χ2n) is 7.92. The predicted molar refractivity (Wildman–Crippen MR) is 130 cm³/mol. The average molecular weight is 538 g/mol. The Morgan fingerprint density at radius 1 is 1.06 bits per heavy atom. The van der Waals surface area contributed by atoms with Crippen molar-refractivity contribution < 1.29 is 22.7 Å². The van der Waals surface area contributed by atoms with Gasteiger partial charge in [-0.05, 0) is 49.7 Å². The van der Waals surface area contributed by atoms with Crippen LogP contribution in [0.3, 0.4) is 0 Å². The Morgan fingerprint density at radius 3 is 2.44 bits per heavy atom. The topological polar surface area (TPSA) is 74.0 Å². The van der Waals surface area contributed by atoms with Crippen molar-refractivity contribution in [1.82, 2.24) is 19.6 Å². The summed E-state index contributed by atoms with van der Waals surface area (Å²) < 4.78 is 47.7. The molecule has 12 heteroatoms. The Balaban J connectivity index is 1.44. The number of rotatable bonds is 7. The number of aromatic nitrogens is 4. The van der Waals surface area contributed by atoms with E-state index in [4.69, 9.17) is 27.9 Å². The van der Waals surface area contributed by atoms with Crippen molar-refractivity contribution in [2.75, 3.05) is 5.32 Å². The van der Waals surface area contributed by atoms with Gasteiger partial charge in [0.15, 0.2) is 18.2 Å². The fraction of sp³-hybridized carbons (Fsp3) is 0.208. The summed E-state index contributed by atoms with van der Waals surface area (Å²) in [5.74, 6) is -0.170. The molecule has 0 saturated heterocycles. The van der Waals surface area contributed by atoms with Gasteiger partial charge in [-0.25, -0.2) is 4.68 Å². The number of carbonyl (C=O) groups excluding carboxylic acids is 1. The maximum absolute atomic E-state index is 13.0. The first kappa shape index (κ1) is 25.6. The van der Waals surface area contributed by atoms with Crippen molar-refractivity contribution in [3.05, 3.63) is 93.0 Å². The van der Waals surface area contributed by atoms with Crippen molar-refractivity contribution in [3.63, 3.8) is 0 Å². The van der Waals surface area contributed by atoms with Crippen LogP contribution in [0, 0.1) is 13.8 Å². The van der Waals surface area contributed by atoms with Gasteiger partial charge in [-0.2, -0.15) is 23.4 Å². The summed E-state index contributed by atoms with van der Waals surface area (Å²) in [7, 11) is 0. The van der Waals surface area contributed by atoms with Gasteiger partial charge < -0.3 is 10.1 Å². The SMILES string of the molecule is Cc1nn(Cc2cccc(C(F)(F)F)c2)c(C)c1NC(=O)c1ccn(COc2c(Cl)cccc2Cl)n1. The molecule has 0 saturated carbocycles. The number of para-hydroxylation sites is 1. The van der Waals surface area contributed by atoms with E-state index in [-0.39, 0.29) is 19.0 Å². The van der Waals surface area contributed by atoms with E-state index in [1.165, 1.54) is 16.8 Å². The van der Waals surface area contributed by atoms with Crippen LogP contribution in [-0.4, -0.2) is 25.5 Å². The van der Waals surface area contributed by atoms with E-state index in [2.05, 4.69) is 15.5 Å². The highest BCUT2D eigenvalue weighted by atomic mass is 35.5. The third kappa shape index (κ3) is 5.66. The zero-order chi connectivity index (χ0) is 26.0. The van der Waals surface area contributed by atoms with Gasteiger partial charge in [0.1, 0.15) is 0 Å². The van der Waals surface area contributed by atoms with Gasteiger partial charge >= 0.3 is 6.18 Å². The second-order valence-corrected chi connectivity index (χ2v) is 8.73. The van der Waals surface area contributed by atoms with Gasteiger partial charge in [0, 0.05) is 6.20 Å². The Hall–Kier alpha value is -3.50. The van der Waals surface area contributed by atoms with Crippen LogP contribution in [0.25, 0.3) is 0 Å². The van der Waals surface area contributed by atoms with Crippen LogP contribution in [0.15, 0.2) is 54.7 Å². The lowest BCUT2D eigenvalue weighted by Crippen LogP contribution is -2.15. The number of benzene rings is 2. The first-order valence-electron chi connectivity index (χ1n) is 10.6. The molecule has 4 rings (SSSR count). The summed E-state index contributed by atoms with van der Waals surface area (Å²) in [5.41, 5.74) is 1.41. The molecule has 0 aliphatic rings. The Bertz CT molecular complexity index is 1390. The molecule has 0 radical (unpaired) electrons. The smallest absolute Gasteiger partial charge is 0.416 e. The third-order valence-corrected chi connectivity index (χ3v) is 5.94. The van der Waals surface area contributed by atoms with Gasteiger partial charge in [-0.15, -0.1) is 0 Å². The summed E-state index contributed by atoms with van der Waals surface area (Å²) in [6, 6.07) is 11.5. The normalized spacial score (nSPS) is 11.5. The molecule has 0 atom stereocenters. The van der Waals surface area contributed by atoms with Crippen LogP contribution in [-0.2, 0) is 19.5 Å². The van der Waals surface area contributed by atoms with Gasteiger partial charge in [0.25, 0.3) is 5.91 Å². The summed E-state index contributed by atoms with van der Waals surface area (Å²) in [6.45, 7) is 3.51. The molecular formula is C24H20Cl2F3N5O2. The molecule has 7 nitrogen and oxygen atoms in total. The summed E-state index contributed by atoms with van der Waals surface area (Å²) in [4.78, 5) is 12.8. The van der Waals surface area contributed by atoms with Crippen LogP contribution >= 0.6 is 23.2 Å². The average Bonchev–Trinajstić information content (AvgIpc) is 3.39. The monoisotopic (exact) mass is 537 g/mol. The Kier molecular flexibility index (Phi) is 7.28. The molecule has 1 N–H and O–H groups in total. The highest BCUT2D eigenvalue weighted by Gasteiger charge is 2.30. The van der Waals surface area contributed by atoms with E-state index in [0.717, 1.165) is 12.1 Å². The fourth-order valence-electron chi connectivity index (χ4n) is 3.53. The van der Waals surface area contributed by atoms with E-state index in [1.807, 2.05) is 0 Å². The molecule has 1 amide bonds. The molecule has 0 aliphatic carbocycles. The number of nitrogens with one attached hydrogen (secondary N) is 1. The molecule has 2 aromatic heterocycles. The lowest BCUT2D eigenvalue weighted by molar-refractivity contribution is -0.137. The van der Waals surface area contributed by atoms with E-state index < -0.39 is 17.6 Å². The molecular weight excluding hydrogens is 518 g/mol. The van der Waals surface area contributed by atoms with E-state index in [0.29, 0.717) is 38.4 Å². The molecule has 2 aromatic carbocycles. The number of halogens is 5. The highest BCUT2D eigenvalue weighted by Crippen LogP contribution is 2.33. The number of nitrogens with zero attached hydrogens (tertiary/aromatic N) is 4. The maximum atomic E-state index is 13.0. The molecule has 0 aliphatic heterocycles. The molecule has 188 valence electrons. The number of amides is 1. The lowest BCUT2D eigenvalue weighted by atomic mass is 10.1. The molecule has 0 unspecified atom stereocenters. The number of hydrogen-bond donors (Lipinski definition) is 1. The van der Waals surface area contributed by atoms with Crippen molar-refractivity contribution in [2.45, 2.75) is 33.3 Å². The quantitative estimate of drug-likeness (QED) is 0.297. The van der Waals surface area contributed by atoms with Gasteiger partial charge in [-0.3, -0.25) is 9.48 Å². The molecule has 2 heterocycles. The molecule has 36 heavy (non-hydrogen) atoms. The van der Waals surface area contributed by atoms with Gasteiger partial charge in [-0.1, -0.05) is 41.4 Å². The fourth-order valence-corrected chi connectivity index (χ4v) is 4.04. The third-order valence-electron chi connectivity index (χ3n) is 5.34. The number of aryl methyl sites for hydroxylation is 1. The minimum Gasteiger partial charge on any atom is -0.468 e. The second kappa shape index (κ2) is 10.2. The molecule has 4 aromatic rings. The van der Waals surface area contributed by atoms with Gasteiger partial charge in [0.05, 0.1) is 39.2 Å². The molecule has 0 fully saturated rings. The Morgan fingerprint density at radius 2 is 1.75 bits per heavy atom. The largest absolute Gasteiger partial charge is 0.468 e. The zero-order valence-electron chi connectivity index (χ0n) is 19.1. The van der Waals surface area contributed by atoms with Gasteiger partial charge in [0.2, 0.25) is 0 Å². The maximum Gasteiger partial charge on any atom is 0.416 e. The number of carbonyl (C=O) groups is 1. The van der Waals surface area contributed by atoms with Crippen LogP contribution < -0.4 is 10.1 Å². The zero-order valence-corrected chi connectivity index (χ0v) is 20.6. The summed E-state index contributed by atoms with van der Waals surface area (Å²) in [6.07, 6.45) is -2.87. The molecule has 0 spiro atoms. The van der Waals surface area contributed by atoms with Crippen molar-refractivity contribution in [3.8, 4) is 5.75 Å². The molecule has 0 bridgehead atoms. The van der Waals surface area contributed by atoms with Crippen LogP contribution in [0.1, 0.15) is 33.0 Å². The number of anilines is 1. The van der Waals surface area contributed by atoms with E-state index in [1.54, 1.807) is 49.0 Å². The number of hydrogen-bond acceptors (Lipinski definition) is 4. The minimum atomic E-state index is -4.43. The van der Waals surface area contributed by atoms with Crippen LogP contribution in [0.2, 0.25) is 10.0 Å². The van der Waals surface area contributed by atoms with E-state index >= 15 is 0 Å². The summed E-state index contributed by atoms with van der Waals surface area (Å²) >= 11 is 12.2. The van der Waals surface area contributed by atoms with E-state index in [9.17, 15) is 18.0 Å². The van der Waals surface area contributed by atoms with Crippen molar-refractivity contribution >= 4 is 34.8 Å². The predicted octanol–water partition coefficient (Wildman–Crippen LogP) is 6.36. The first-order chi connectivity index (χ1) is 17.0. The minimum absolute atomic E-state index is 0.0241. The Labute approximate surface area is 214 Å². The van der Waals surface area contributed by atoms with Crippen LogP contribution in [0.4, 0.5) is 18.9 Å². The number of alkyl halides is 3. The standard InChI is InChI=1S/C24H20Cl2F3N5O2/c1-14-21(15(2)34(31-14)12-16-5-3-6-17(11-16)24(27,28)29)30-23(35)20-9-10-33(32-20)13-36-22-18(25)7-4-8-19(22)26/h3-11H,12-13H2,1-2H3,(H,30,35). The number of ether oxygens (including phenoxy) is 1. The lowest BCUT2D eigenvalue weighted by Gasteiger charge is -2.10. The van der Waals surface area contributed by atoms with Crippen molar-refractivity contribution in [1.29, 1.82) is 0 Å². The van der Waals surface area contributed by atoms with Crippen LogP contribution in [0.5, 0.6) is 5.75 Å². The summed E-state index contributed by atoms with van der Waals surface area (Å²) in [5, 5.41) is 12.1. The van der Waals surface area contributed by atoms with Crippen molar-refractivity contribution in [2.24, 2.45) is 0 Å².